The summed E-state index contributed by atoms with van der Waals surface area (Å²) in [6.45, 7) is 7.13. The van der Waals surface area contributed by atoms with E-state index < -0.39 is 5.43 Å². The first-order valence-corrected chi connectivity index (χ1v) is 5.99. The predicted molar refractivity (Wildman–Crippen MR) is 79.0 cm³/mol. The Morgan fingerprint density at radius 3 is 2.60 bits per heavy atom. The van der Waals surface area contributed by atoms with E-state index >= 15 is 0 Å². The summed E-state index contributed by atoms with van der Waals surface area (Å²) in [5.74, 6) is -0.388. The molecule has 0 atom stereocenters. The average Bonchev–Trinajstić information content (AvgIpc) is 2.33. The third-order valence-electron chi connectivity index (χ3n) is 2.64. The molecule has 2 N–H and O–H groups in total. The van der Waals surface area contributed by atoms with Crippen molar-refractivity contribution in [2.24, 2.45) is 0 Å². The maximum absolute atomic E-state index is 12.0. The van der Waals surface area contributed by atoms with Crippen molar-refractivity contribution in [2.45, 2.75) is 0 Å². The van der Waals surface area contributed by atoms with Gasteiger partial charge in [0.25, 0.3) is 0 Å². The highest BCUT2D eigenvalue weighted by Gasteiger charge is 2.14. The lowest BCUT2D eigenvalue weighted by atomic mass is 10.1. The molecule has 0 aliphatic heterocycles. The van der Waals surface area contributed by atoms with Gasteiger partial charge < -0.3 is 14.6 Å². The number of halogens is 1. The SMILES string of the molecule is C=C/C=C(\C(=C)Cl)c1cc(=O)c2c(O)cc(O)cc2o1. The summed E-state index contributed by atoms with van der Waals surface area (Å²) >= 11 is 5.85. The number of benzene rings is 1. The number of phenolic OH excluding ortho intramolecular Hbond substituents is 2. The van der Waals surface area contributed by atoms with Crippen molar-refractivity contribution in [1.82, 2.24) is 0 Å². The molecule has 0 spiro atoms. The fraction of sp³-hybridized carbons (Fsp3) is 0. The Kier molecular flexibility index (Phi) is 3.68. The Morgan fingerprint density at radius 1 is 1.30 bits per heavy atom. The number of phenols is 2. The number of hydrogen-bond acceptors (Lipinski definition) is 4. The van der Waals surface area contributed by atoms with E-state index in [-0.39, 0.29) is 33.3 Å². The molecule has 102 valence electrons. The van der Waals surface area contributed by atoms with E-state index in [0.29, 0.717) is 5.57 Å². The van der Waals surface area contributed by atoms with Gasteiger partial charge in [0.05, 0.1) is 0 Å². The molecule has 0 saturated heterocycles. The first-order valence-electron chi connectivity index (χ1n) is 5.61. The fourth-order valence-electron chi connectivity index (χ4n) is 1.81. The lowest BCUT2D eigenvalue weighted by Crippen LogP contribution is -2.02. The largest absolute Gasteiger partial charge is 0.508 e. The minimum Gasteiger partial charge on any atom is -0.508 e. The molecular weight excluding hydrogens is 280 g/mol. The fourth-order valence-corrected chi connectivity index (χ4v) is 1.97. The van der Waals surface area contributed by atoms with Crippen LogP contribution in [-0.4, -0.2) is 10.2 Å². The van der Waals surface area contributed by atoms with Crippen molar-refractivity contribution >= 4 is 28.1 Å². The van der Waals surface area contributed by atoms with Crippen LogP contribution in [0.25, 0.3) is 16.5 Å². The van der Waals surface area contributed by atoms with Crippen molar-refractivity contribution in [3.63, 3.8) is 0 Å². The molecule has 0 amide bonds. The molecule has 0 saturated carbocycles. The van der Waals surface area contributed by atoms with Gasteiger partial charge in [0, 0.05) is 28.8 Å². The van der Waals surface area contributed by atoms with Gasteiger partial charge in [-0.1, -0.05) is 36.9 Å². The predicted octanol–water partition coefficient (Wildman–Crippen LogP) is 3.53. The second kappa shape index (κ2) is 5.27. The monoisotopic (exact) mass is 290 g/mol. The Hall–Kier alpha value is -2.46. The van der Waals surface area contributed by atoms with Crippen LogP contribution in [0.2, 0.25) is 0 Å². The maximum Gasteiger partial charge on any atom is 0.197 e. The molecule has 2 rings (SSSR count). The van der Waals surface area contributed by atoms with Gasteiger partial charge in [0.1, 0.15) is 28.2 Å². The van der Waals surface area contributed by atoms with E-state index in [0.717, 1.165) is 6.07 Å². The van der Waals surface area contributed by atoms with Gasteiger partial charge in [-0.3, -0.25) is 4.79 Å². The average molecular weight is 291 g/mol. The lowest BCUT2D eigenvalue weighted by Gasteiger charge is -2.07. The number of aromatic hydroxyl groups is 2. The molecule has 0 fully saturated rings. The Bertz CT molecular complexity index is 799. The first kappa shape index (κ1) is 14.0. The molecule has 2 aromatic rings. The molecule has 1 heterocycles. The van der Waals surface area contributed by atoms with E-state index in [1.54, 1.807) is 6.08 Å². The van der Waals surface area contributed by atoms with E-state index in [1.165, 1.54) is 18.2 Å². The quantitative estimate of drug-likeness (QED) is 0.848. The Balaban J connectivity index is 2.82. The van der Waals surface area contributed by atoms with Crippen molar-refractivity contribution < 1.29 is 14.6 Å². The van der Waals surface area contributed by atoms with Crippen LogP contribution in [0.5, 0.6) is 11.5 Å². The van der Waals surface area contributed by atoms with Crippen molar-refractivity contribution in [3.05, 3.63) is 64.5 Å². The molecular formula is C15H11ClO4. The molecule has 0 unspecified atom stereocenters. The van der Waals surface area contributed by atoms with Crippen LogP contribution in [0.3, 0.4) is 0 Å². The minimum absolute atomic E-state index is 0.00955. The normalized spacial score (nSPS) is 11.6. The number of hydrogen-bond donors (Lipinski definition) is 2. The third-order valence-corrected chi connectivity index (χ3v) is 2.84. The lowest BCUT2D eigenvalue weighted by molar-refractivity contribution is 0.451. The second-order valence-corrected chi connectivity index (χ2v) is 4.49. The number of allylic oxidation sites excluding steroid dienone is 4. The van der Waals surface area contributed by atoms with E-state index in [1.807, 2.05) is 0 Å². The van der Waals surface area contributed by atoms with Gasteiger partial charge in [0.2, 0.25) is 0 Å². The summed E-state index contributed by atoms with van der Waals surface area (Å²) in [6.07, 6.45) is 3.02. The van der Waals surface area contributed by atoms with Gasteiger partial charge in [-0.2, -0.15) is 0 Å². The van der Waals surface area contributed by atoms with Gasteiger partial charge in [-0.05, 0) is 0 Å². The maximum atomic E-state index is 12.0. The van der Waals surface area contributed by atoms with Crippen molar-refractivity contribution in [1.29, 1.82) is 0 Å². The highest BCUT2D eigenvalue weighted by Crippen LogP contribution is 2.31. The Labute approximate surface area is 119 Å². The summed E-state index contributed by atoms with van der Waals surface area (Å²) in [6, 6.07) is 3.50. The van der Waals surface area contributed by atoms with Crippen LogP contribution < -0.4 is 5.43 Å². The first-order chi connectivity index (χ1) is 9.43. The number of fused-ring (bicyclic) bond motifs is 1. The van der Waals surface area contributed by atoms with E-state index in [4.69, 9.17) is 16.0 Å². The number of rotatable bonds is 3. The van der Waals surface area contributed by atoms with Gasteiger partial charge in [-0.25, -0.2) is 0 Å². The molecule has 0 aliphatic rings. The molecule has 4 nitrogen and oxygen atoms in total. The van der Waals surface area contributed by atoms with Crippen LogP contribution in [0, 0.1) is 0 Å². The molecule has 1 aromatic carbocycles. The van der Waals surface area contributed by atoms with Crippen LogP contribution >= 0.6 is 11.6 Å². The van der Waals surface area contributed by atoms with Gasteiger partial charge in [0.15, 0.2) is 5.43 Å². The van der Waals surface area contributed by atoms with Crippen LogP contribution in [0.1, 0.15) is 5.76 Å². The molecule has 5 heteroatoms. The summed E-state index contributed by atoms with van der Waals surface area (Å²) in [5, 5.41) is 19.3. The molecule has 1 aromatic heterocycles. The summed E-state index contributed by atoms with van der Waals surface area (Å²) in [5.41, 5.74) is -0.00647. The topological polar surface area (TPSA) is 70.7 Å². The van der Waals surface area contributed by atoms with E-state index in [2.05, 4.69) is 13.2 Å². The minimum atomic E-state index is -0.452. The summed E-state index contributed by atoms with van der Waals surface area (Å²) in [7, 11) is 0. The zero-order chi connectivity index (χ0) is 14.9. The van der Waals surface area contributed by atoms with E-state index in [9.17, 15) is 15.0 Å². The van der Waals surface area contributed by atoms with Crippen LogP contribution in [0.4, 0.5) is 0 Å². The van der Waals surface area contributed by atoms with Gasteiger partial charge in [-0.15, -0.1) is 0 Å². The molecule has 0 radical (unpaired) electrons. The van der Waals surface area contributed by atoms with Crippen LogP contribution in [-0.2, 0) is 0 Å². The summed E-state index contributed by atoms with van der Waals surface area (Å²) < 4.78 is 5.50. The highest BCUT2D eigenvalue weighted by molar-refractivity contribution is 6.36. The molecule has 0 bridgehead atoms. The zero-order valence-corrected chi connectivity index (χ0v) is 11.1. The molecule has 20 heavy (non-hydrogen) atoms. The van der Waals surface area contributed by atoms with Crippen LogP contribution in [0.15, 0.2) is 57.8 Å². The smallest absolute Gasteiger partial charge is 0.197 e. The standard InChI is InChI=1S/C15H11ClO4/c1-3-4-10(8(2)16)13-7-12(19)15-11(18)5-9(17)6-14(15)20-13/h3-7,17-18H,1-2H2/b10-4+. The van der Waals surface area contributed by atoms with Crippen molar-refractivity contribution in [3.8, 4) is 11.5 Å². The van der Waals surface area contributed by atoms with Gasteiger partial charge >= 0.3 is 0 Å². The third kappa shape index (κ3) is 2.46. The highest BCUT2D eigenvalue weighted by atomic mass is 35.5. The molecule has 0 aliphatic carbocycles. The second-order valence-electron chi connectivity index (χ2n) is 4.03. The summed E-state index contributed by atoms with van der Waals surface area (Å²) in [4.78, 5) is 12.0. The Morgan fingerprint density at radius 2 is 2.00 bits per heavy atom. The zero-order valence-electron chi connectivity index (χ0n) is 10.4. The van der Waals surface area contributed by atoms with Crippen molar-refractivity contribution in [2.75, 3.05) is 0 Å².